The van der Waals surface area contributed by atoms with E-state index in [1.165, 1.54) is 11.3 Å². The number of carbonyl (C=O) groups excluding carboxylic acids is 1. The molecule has 6 nitrogen and oxygen atoms in total. The smallest absolute Gasteiger partial charge is 0.243 e. The summed E-state index contributed by atoms with van der Waals surface area (Å²) in [5.74, 6) is 2.40. The van der Waals surface area contributed by atoms with Crippen molar-refractivity contribution in [3.63, 3.8) is 0 Å². The van der Waals surface area contributed by atoms with Gasteiger partial charge in [-0.3, -0.25) is 4.79 Å². The van der Waals surface area contributed by atoms with Gasteiger partial charge in [0.2, 0.25) is 5.91 Å². The van der Waals surface area contributed by atoms with Crippen LogP contribution < -0.4 is 5.32 Å². The highest BCUT2D eigenvalue weighted by Gasteiger charge is 2.33. The second-order valence-corrected chi connectivity index (χ2v) is 8.73. The topological polar surface area (TPSA) is 57.2 Å². The summed E-state index contributed by atoms with van der Waals surface area (Å²) in [6.45, 7) is 3.78. The van der Waals surface area contributed by atoms with Crippen LogP contribution in [0.25, 0.3) is 0 Å². The van der Waals surface area contributed by atoms with Gasteiger partial charge in [0.1, 0.15) is 6.54 Å². The average molecular weight is 532 g/mol. The molecule has 1 amide bonds. The van der Waals surface area contributed by atoms with Gasteiger partial charge in [0.25, 0.3) is 0 Å². The Balaban J connectivity index is 0.00000300. The number of nitrogens with zero attached hydrogens (tertiary/aromatic N) is 3. The number of benzene rings is 1. The molecule has 2 unspecified atom stereocenters. The van der Waals surface area contributed by atoms with Crippen LogP contribution in [0.5, 0.6) is 0 Å². The number of likely N-dealkylation sites (tertiary alicyclic amines) is 1. The lowest BCUT2D eigenvalue weighted by atomic mass is 9.88. The molecular weight excluding hydrogens is 499 g/mol. The fourth-order valence-electron chi connectivity index (χ4n) is 3.68. The summed E-state index contributed by atoms with van der Waals surface area (Å²) in [6, 6.07) is 10.4. The molecule has 29 heavy (non-hydrogen) atoms. The third-order valence-electron chi connectivity index (χ3n) is 5.27. The first-order chi connectivity index (χ1) is 13.6. The molecule has 1 N–H and O–H groups in total. The van der Waals surface area contributed by atoms with E-state index in [1.54, 1.807) is 19.0 Å². The molecule has 0 radical (unpaired) electrons. The Morgan fingerprint density at radius 3 is 2.86 bits per heavy atom. The number of guanidine groups is 1. The van der Waals surface area contributed by atoms with Crippen LogP contribution in [0.3, 0.4) is 0 Å². The van der Waals surface area contributed by atoms with E-state index in [1.807, 2.05) is 17.8 Å². The van der Waals surface area contributed by atoms with Gasteiger partial charge in [-0.05, 0) is 31.4 Å². The zero-order valence-corrected chi connectivity index (χ0v) is 20.5. The summed E-state index contributed by atoms with van der Waals surface area (Å²) in [5.41, 5.74) is 0. The normalized spacial score (nSPS) is 21.7. The number of aliphatic imine (C=N–C) groups is 1. The van der Waals surface area contributed by atoms with Crippen molar-refractivity contribution in [2.24, 2.45) is 10.9 Å². The van der Waals surface area contributed by atoms with Crippen molar-refractivity contribution in [1.29, 1.82) is 0 Å². The van der Waals surface area contributed by atoms with Crippen molar-refractivity contribution in [2.75, 3.05) is 52.6 Å². The van der Waals surface area contributed by atoms with Crippen LogP contribution in [0.2, 0.25) is 0 Å². The number of hydrogen-bond acceptors (Lipinski definition) is 4. The molecule has 2 fully saturated rings. The Bertz CT molecular complexity index is 659. The summed E-state index contributed by atoms with van der Waals surface area (Å²) in [5, 5.41) is 3.49. The van der Waals surface area contributed by atoms with E-state index >= 15 is 0 Å². The van der Waals surface area contributed by atoms with E-state index in [9.17, 15) is 4.79 Å². The summed E-state index contributed by atoms with van der Waals surface area (Å²) in [7, 11) is 3.54. The van der Waals surface area contributed by atoms with Crippen molar-refractivity contribution in [3.05, 3.63) is 30.3 Å². The molecule has 0 bridgehead atoms. The average Bonchev–Trinajstić information content (AvgIpc) is 2.73. The highest BCUT2D eigenvalue weighted by atomic mass is 127. The summed E-state index contributed by atoms with van der Waals surface area (Å²) in [6.07, 6.45) is 3.78. The molecule has 0 aliphatic carbocycles. The first kappa shape index (κ1) is 24.3. The number of hydrogen-bond donors (Lipinski definition) is 1. The van der Waals surface area contributed by atoms with Gasteiger partial charge in [0, 0.05) is 56.9 Å². The fourth-order valence-corrected chi connectivity index (χ4v) is 4.47. The number of thioether (sulfide) groups is 1. The minimum absolute atomic E-state index is 0. The number of nitrogens with one attached hydrogen (secondary N) is 1. The van der Waals surface area contributed by atoms with E-state index in [4.69, 9.17) is 4.74 Å². The van der Waals surface area contributed by atoms with Gasteiger partial charge < -0.3 is 19.9 Å². The van der Waals surface area contributed by atoms with Gasteiger partial charge in [-0.25, -0.2) is 4.99 Å². The Morgan fingerprint density at radius 1 is 1.31 bits per heavy atom. The van der Waals surface area contributed by atoms with Crippen molar-refractivity contribution in [1.82, 2.24) is 15.1 Å². The van der Waals surface area contributed by atoms with Crippen molar-refractivity contribution in [3.8, 4) is 0 Å². The third-order valence-corrected chi connectivity index (χ3v) is 6.29. The number of ether oxygens (including phenoxy) is 1. The van der Waals surface area contributed by atoms with E-state index < -0.39 is 0 Å². The van der Waals surface area contributed by atoms with Crippen molar-refractivity contribution < 1.29 is 9.53 Å². The van der Waals surface area contributed by atoms with Crippen LogP contribution in [-0.2, 0) is 9.53 Å². The molecule has 162 valence electrons. The van der Waals surface area contributed by atoms with Gasteiger partial charge in [-0.2, -0.15) is 0 Å². The van der Waals surface area contributed by atoms with Gasteiger partial charge in [0.05, 0.1) is 6.10 Å². The summed E-state index contributed by atoms with van der Waals surface area (Å²) in [4.78, 5) is 21.8. The lowest BCUT2D eigenvalue weighted by molar-refractivity contribution is -0.127. The van der Waals surface area contributed by atoms with Gasteiger partial charge in [-0.1, -0.05) is 18.2 Å². The van der Waals surface area contributed by atoms with Gasteiger partial charge >= 0.3 is 0 Å². The minimum Gasteiger partial charge on any atom is -0.378 e. The van der Waals surface area contributed by atoms with Crippen LogP contribution in [0.15, 0.2) is 40.2 Å². The quantitative estimate of drug-likeness (QED) is 0.201. The molecule has 2 heterocycles. The van der Waals surface area contributed by atoms with Crippen LogP contribution in [0.1, 0.15) is 19.3 Å². The second kappa shape index (κ2) is 12.6. The first-order valence-electron chi connectivity index (χ1n) is 10.2. The maximum Gasteiger partial charge on any atom is 0.243 e. The maximum absolute atomic E-state index is 12.0. The van der Waals surface area contributed by atoms with Crippen LogP contribution in [0, 0.1) is 5.92 Å². The SMILES string of the molecule is CN(C)C(=O)CN=C(NCCSc1ccccc1)N1CCC2OCCCC2C1.I. The molecule has 8 heteroatoms. The summed E-state index contributed by atoms with van der Waals surface area (Å²) >= 11 is 1.83. The van der Waals surface area contributed by atoms with E-state index in [-0.39, 0.29) is 36.4 Å². The standard InChI is InChI=1S/C21H32N4O2S.HI/c1-24(2)20(26)15-23-21(22-11-14-28-18-8-4-3-5-9-18)25-12-10-19-17(16-25)7-6-13-27-19;/h3-5,8-9,17,19H,6-7,10-16H2,1-2H3,(H,22,23);1H. The van der Waals surface area contributed by atoms with E-state index in [0.29, 0.717) is 12.0 Å². The number of likely N-dealkylation sites (N-methyl/N-ethyl adjacent to an activating group) is 1. The lowest BCUT2D eigenvalue weighted by Crippen LogP contribution is -2.52. The monoisotopic (exact) mass is 532 g/mol. The van der Waals surface area contributed by atoms with Gasteiger partial charge in [-0.15, -0.1) is 35.7 Å². The van der Waals surface area contributed by atoms with E-state index in [2.05, 4.69) is 39.5 Å². The molecule has 1 aromatic rings. The number of carbonyl (C=O) groups is 1. The molecule has 2 saturated heterocycles. The molecule has 0 spiro atoms. The highest BCUT2D eigenvalue weighted by Crippen LogP contribution is 2.28. The van der Waals surface area contributed by atoms with Crippen LogP contribution in [-0.4, -0.2) is 80.4 Å². The maximum atomic E-state index is 12.0. The lowest BCUT2D eigenvalue weighted by Gasteiger charge is -2.42. The van der Waals surface area contributed by atoms with E-state index in [0.717, 1.165) is 50.8 Å². The molecule has 2 aliphatic heterocycles. The number of fused-ring (bicyclic) bond motifs is 1. The zero-order valence-electron chi connectivity index (χ0n) is 17.4. The number of amides is 1. The molecule has 0 aromatic heterocycles. The summed E-state index contributed by atoms with van der Waals surface area (Å²) < 4.78 is 5.94. The van der Waals surface area contributed by atoms with Crippen molar-refractivity contribution in [2.45, 2.75) is 30.3 Å². The number of halogens is 1. The fraction of sp³-hybridized carbons (Fsp3) is 0.619. The first-order valence-corrected chi connectivity index (χ1v) is 11.1. The number of piperidine rings is 1. The van der Waals surface area contributed by atoms with Crippen molar-refractivity contribution >= 4 is 47.6 Å². The predicted octanol–water partition coefficient (Wildman–Crippen LogP) is 2.93. The Labute approximate surface area is 195 Å². The number of rotatable bonds is 6. The van der Waals surface area contributed by atoms with Crippen LogP contribution in [0.4, 0.5) is 0 Å². The molecule has 3 rings (SSSR count). The van der Waals surface area contributed by atoms with Gasteiger partial charge in [0.15, 0.2) is 5.96 Å². The minimum atomic E-state index is 0. The molecule has 2 aliphatic rings. The third kappa shape index (κ3) is 7.64. The molecule has 0 saturated carbocycles. The zero-order chi connectivity index (χ0) is 19.8. The molecular formula is C21H33IN4O2S. The largest absolute Gasteiger partial charge is 0.378 e. The second-order valence-electron chi connectivity index (χ2n) is 7.56. The highest BCUT2D eigenvalue weighted by molar-refractivity contribution is 14.0. The van der Waals surface area contributed by atoms with Crippen LogP contribution >= 0.6 is 35.7 Å². The molecule has 1 aromatic carbocycles. The predicted molar refractivity (Wildman–Crippen MR) is 130 cm³/mol. The Morgan fingerprint density at radius 2 is 2.10 bits per heavy atom. The molecule has 2 atom stereocenters. The Hall–Kier alpha value is -1.000. The Kier molecular flexibility index (Phi) is 10.6.